The molecule has 0 saturated heterocycles. The molecule has 2 rings (SSSR count). The van der Waals surface area contributed by atoms with E-state index in [4.69, 9.17) is 15.9 Å². The second kappa shape index (κ2) is 6.89. The SMILES string of the molecule is CCCOc1ccc(-c2cc(C(=N)N)c(=O)n(CC)n2)cc1. The number of nitrogens with two attached hydrogens (primary N) is 1. The normalized spacial score (nSPS) is 10.5. The van der Waals surface area contributed by atoms with Crippen molar-refractivity contribution >= 4 is 5.84 Å². The molecule has 0 spiro atoms. The summed E-state index contributed by atoms with van der Waals surface area (Å²) < 4.78 is 6.86. The van der Waals surface area contributed by atoms with Gasteiger partial charge in [0, 0.05) is 12.1 Å². The molecule has 22 heavy (non-hydrogen) atoms. The summed E-state index contributed by atoms with van der Waals surface area (Å²) in [6, 6.07) is 9.03. The summed E-state index contributed by atoms with van der Waals surface area (Å²) in [7, 11) is 0. The maximum absolute atomic E-state index is 12.1. The number of benzene rings is 1. The van der Waals surface area contributed by atoms with Crippen molar-refractivity contribution in [3.63, 3.8) is 0 Å². The topological polar surface area (TPSA) is 94.0 Å². The van der Waals surface area contributed by atoms with Gasteiger partial charge in [-0.05, 0) is 43.7 Å². The van der Waals surface area contributed by atoms with Crippen LogP contribution in [0.25, 0.3) is 11.3 Å². The molecule has 1 aromatic heterocycles. The van der Waals surface area contributed by atoms with Gasteiger partial charge in [-0.3, -0.25) is 10.2 Å². The predicted octanol–water partition coefficient (Wildman–Crippen LogP) is 2.00. The van der Waals surface area contributed by atoms with E-state index in [-0.39, 0.29) is 17.0 Å². The molecule has 0 fully saturated rings. The van der Waals surface area contributed by atoms with Gasteiger partial charge in [0.2, 0.25) is 0 Å². The lowest BCUT2D eigenvalue weighted by molar-refractivity contribution is 0.317. The van der Waals surface area contributed by atoms with Gasteiger partial charge in [-0.15, -0.1) is 0 Å². The molecule has 2 aromatic rings. The lowest BCUT2D eigenvalue weighted by atomic mass is 10.1. The molecule has 0 aliphatic carbocycles. The first-order chi connectivity index (χ1) is 10.6. The molecule has 116 valence electrons. The fraction of sp³-hybridized carbons (Fsp3) is 0.312. The second-order valence-electron chi connectivity index (χ2n) is 4.85. The van der Waals surface area contributed by atoms with E-state index >= 15 is 0 Å². The zero-order valence-corrected chi connectivity index (χ0v) is 12.8. The van der Waals surface area contributed by atoms with Crippen molar-refractivity contribution in [1.29, 1.82) is 5.41 Å². The number of hydrogen-bond acceptors (Lipinski definition) is 4. The van der Waals surface area contributed by atoms with Gasteiger partial charge in [-0.25, -0.2) is 4.68 Å². The highest BCUT2D eigenvalue weighted by molar-refractivity contribution is 5.95. The first-order valence-electron chi connectivity index (χ1n) is 7.26. The van der Waals surface area contributed by atoms with Crippen LogP contribution in [0.15, 0.2) is 35.1 Å². The van der Waals surface area contributed by atoms with Crippen molar-refractivity contribution < 1.29 is 4.74 Å². The van der Waals surface area contributed by atoms with Gasteiger partial charge in [0.15, 0.2) is 0 Å². The monoisotopic (exact) mass is 300 g/mol. The van der Waals surface area contributed by atoms with Crippen molar-refractivity contribution in [1.82, 2.24) is 9.78 Å². The highest BCUT2D eigenvalue weighted by Crippen LogP contribution is 2.20. The van der Waals surface area contributed by atoms with Gasteiger partial charge in [0.05, 0.1) is 17.9 Å². The van der Waals surface area contributed by atoms with E-state index in [0.29, 0.717) is 18.8 Å². The molecule has 0 saturated carbocycles. The predicted molar refractivity (Wildman–Crippen MR) is 86.4 cm³/mol. The number of nitrogens with one attached hydrogen (secondary N) is 1. The minimum Gasteiger partial charge on any atom is -0.494 e. The van der Waals surface area contributed by atoms with Crippen LogP contribution in [-0.2, 0) is 6.54 Å². The number of hydrogen-bond donors (Lipinski definition) is 2. The highest BCUT2D eigenvalue weighted by Gasteiger charge is 2.11. The molecule has 0 bridgehead atoms. The van der Waals surface area contributed by atoms with E-state index in [2.05, 4.69) is 12.0 Å². The third kappa shape index (κ3) is 3.33. The molecular weight excluding hydrogens is 280 g/mol. The Kier molecular flexibility index (Phi) is 4.93. The third-order valence-corrected chi connectivity index (χ3v) is 3.19. The molecule has 1 aromatic carbocycles. The second-order valence-corrected chi connectivity index (χ2v) is 4.85. The van der Waals surface area contributed by atoms with Gasteiger partial charge in [-0.1, -0.05) is 6.92 Å². The zero-order valence-electron chi connectivity index (χ0n) is 12.8. The fourth-order valence-corrected chi connectivity index (χ4v) is 2.03. The molecule has 0 aliphatic rings. The minimum atomic E-state index is -0.346. The molecule has 1 heterocycles. The molecule has 0 unspecified atom stereocenters. The largest absolute Gasteiger partial charge is 0.494 e. The number of rotatable bonds is 6. The Morgan fingerprint density at radius 2 is 2.00 bits per heavy atom. The quantitative estimate of drug-likeness (QED) is 0.630. The van der Waals surface area contributed by atoms with Crippen LogP contribution in [0.1, 0.15) is 25.8 Å². The molecule has 0 aliphatic heterocycles. The summed E-state index contributed by atoms with van der Waals surface area (Å²) in [6.07, 6.45) is 0.951. The van der Waals surface area contributed by atoms with Crippen LogP contribution in [0.3, 0.4) is 0 Å². The molecule has 3 N–H and O–H groups in total. The molecule has 0 atom stereocenters. The summed E-state index contributed by atoms with van der Waals surface area (Å²) in [5.74, 6) is 0.542. The number of amidine groups is 1. The van der Waals surface area contributed by atoms with Gasteiger partial charge in [0.25, 0.3) is 5.56 Å². The van der Waals surface area contributed by atoms with Gasteiger partial charge in [0.1, 0.15) is 11.6 Å². The van der Waals surface area contributed by atoms with E-state index in [1.807, 2.05) is 31.2 Å². The van der Waals surface area contributed by atoms with Crippen LogP contribution in [-0.4, -0.2) is 22.2 Å². The van der Waals surface area contributed by atoms with Crippen LogP contribution in [0, 0.1) is 5.41 Å². The summed E-state index contributed by atoms with van der Waals surface area (Å²) in [5.41, 5.74) is 6.75. The van der Waals surface area contributed by atoms with Crippen LogP contribution in [0.4, 0.5) is 0 Å². The van der Waals surface area contributed by atoms with Gasteiger partial charge >= 0.3 is 0 Å². The summed E-state index contributed by atoms with van der Waals surface area (Å²) in [6.45, 7) is 4.97. The van der Waals surface area contributed by atoms with E-state index in [1.54, 1.807) is 6.07 Å². The highest BCUT2D eigenvalue weighted by atomic mass is 16.5. The van der Waals surface area contributed by atoms with Crippen molar-refractivity contribution in [3.05, 3.63) is 46.2 Å². The Hall–Kier alpha value is -2.63. The Labute approximate surface area is 129 Å². The summed E-state index contributed by atoms with van der Waals surface area (Å²) >= 11 is 0. The van der Waals surface area contributed by atoms with Gasteiger partial charge in [-0.2, -0.15) is 5.10 Å². The number of nitrogens with zero attached hydrogens (tertiary/aromatic N) is 2. The van der Waals surface area contributed by atoms with Crippen molar-refractivity contribution in [3.8, 4) is 17.0 Å². The van der Waals surface area contributed by atoms with Crippen LogP contribution < -0.4 is 16.0 Å². The lowest BCUT2D eigenvalue weighted by Crippen LogP contribution is -2.31. The van der Waals surface area contributed by atoms with Gasteiger partial charge < -0.3 is 10.5 Å². The van der Waals surface area contributed by atoms with Crippen LogP contribution in [0.5, 0.6) is 5.75 Å². The van der Waals surface area contributed by atoms with E-state index < -0.39 is 0 Å². The molecule has 0 amide bonds. The minimum absolute atomic E-state index is 0.165. The first kappa shape index (κ1) is 15.8. The zero-order chi connectivity index (χ0) is 16.1. The maximum Gasteiger partial charge on any atom is 0.277 e. The summed E-state index contributed by atoms with van der Waals surface area (Å²) in [5, 5.41) is 11.8. The number of nitrogen functional groups attached to an aromatic ring is 1. The van der Waals surface area contributed by atoms with E-state index in [0.717, 1.165) is 17.7 Å². The fourth-order valence-electron chi connectivity index (χ4n) is 2.03. The molecular formula is C16H20N4O2. The van der Waals surface area contributed by atoms with Crippen LogP contribution in [0.2, 0.25) is 0 Å². The first-order valence-corrected chi connectivity index (χ1v) is 7.26. The molecule has 0 radical (unpaired) electrons. The Morgan fingerprint density at radius 3 is 2.55 bits per heavy atom. The molecule has 6 nitrogen and oxygen atoms in total. The Morgan fingerprint density at radius 1 is 1.32 bits per heavy atom. The van der Waals surface area contributed by atoms with Crippen molar-refractivity contribution in [2.75, 3.05) is 6.61 Å². The van der Waals surface area contributed by atoms with E-state index in [1.165, 1.54) is 4.68 Å². The lowest BCUT2D eigenvalue weighted by Gasteiger charge is -2.09. The number of ether oxygens (including phenoxy) is 1. The average molecular weight is 300 g/mol. The Bertz CT molecular complexity index is 720. The van der Waals surface area contributed by atoms with Crippen LogP contribution >= 0.6 is 0 Å². The molecule has 6 heteroatoms. The average Bonchev–Trinajstić information content (AvgIpc) is 2.53. The third-order valence-electron chi connectivity index (χ3n) is 3.19. The number of aryl methyl sites for hydroxylation is 1. The van der Waals surface area contributed by atoms with E-state index in [9.17, 15) is 4.79 Å². The van der Waals surface area contributed by atoms with Crippen molar-refractivity contribution in [2.45, 2.75) is 26.8 Å². The smallest absolute Gasteiger partial charge is 0.277 e. The van der Waals surface area contributed by atoms with Crippen molar-refractivity contribution in [2.24, 2.45) is 5.73 Å². The summed E-state index contributed by atoms with van der Waals surface area (Å²) in [4.78, 5) is 12.1. The standard InChI is InChI=1S/C16H20N4O2/c1-3-9-22-12-7-5-11(6-8-12)14-10-13(15(17)18)16(21)20(4-2)19-14/h5-8,10H,3-4,9H2,1-2H3,(H3,17,18). The number of aromatic nitrogens is 2. The Balaban J connectivity index is 2.41. The maximum atomic E-state index is 12.1.